The van der Waals surface area contributed by atoms with E-state index in [4.69, 9.17) is 0 Å². The van der Waals surface area contributed by atoms with Gasteiger partial charge in [-0.1, -0.05) is 42.5 Å². The minimum absolute atomic E-state index is 0.173. The maximum atomic E-state index is 10.8. The van der Waals surface area contributed by atoms with E-state index < -0.39 is 0 Å². The zero-order valence-electron chi connectivity index (χ0n) is 8.68. The van der Waals surface area contributed by atoms with Crippen molar-refractivity contribution in [1.82, 2.24) is 0 Å². The molecule has 0 saturated heterocycles. The second-order valence-electron chi connectivity index (χ2n) is 2.90. The van der Waals surface area contributed by atoms with Gasteiger partial charge < -0.3 is 4.74 Å². The summed E-state index contributed by atoms with van der Waals surface area (Å²) in [5.41, 5.74) is 1.18. The van der Waals surface area contributed by atoms with Gasteiger partial charge in [-0.2, -0.15) is 0 Å². The Kier molecular flexibility index (Phi) is 5.63. The SMILES string of the molecule is COC(=O)CSC/C=C/c1ccccc1. The average molecular weight is 222 g/mol. The van der Waals surface area contributed by atoms with E-state index in [1.54, 1.807) is 11.8 Å². The van der Waals surface area contributed by atoms with Crippen LogP contribution in [0.4, 0.5) is 0 Å². The van der Waals surface area contributed by atoms with Crippen LogP contribution in [0.3, 0.4) is 0 Å². The lowest BCUT2D eigenvalue weighted by molar-refractivity contribution is -0.137. The summed E-state index contributed by atoms with van der Waals surface area (Å²) in [4.78, 5) is 10.8. The Bertz CT molecular complexity index is 320. The Morgan fingerprint density at radius 1 is 1.40 bits per heavy atom. The number of hydrogen-bond donors (Lipinski definition) is 0. The minimum atomic E-state index is -0.173. The monoisotopic (exact) mass is 222 g/mol. The van der Waals surface area contributed by atoms with Crippen LogP contribution in [0.1, 0.15) is 5.56 Å². The van der Waals surface area contributed by atoms with Gasteiger partial charge in [0.25, 0.3) is 0 Å². The van der Waals surface area contributed by atoms with Crippen LogP contribution in [0.15, 0.2) is 36.4 Å². The molecule has 0 N–H and O–H groups in total. The number of thioether (sulfide) groups is 1. The van der Waals surface area contributed by atoms with Gasteiger partial charge in [0.15, 0.2) is 0 Å². The van der Waals surface area contributed by atoms with Crippen molar-refractivity contribution >= 4 is 23.8 Å². The van der Waals surface area contributed by atoms with E-state index in [0.717, 1.165) is 5.75 Å². The third-order valence-electron chi connectivity index (χ3n) is 1.77. The molecule has 1 aromatic rings. The Hall–Kier alpha value is -1.22. The number of ether oxygens (including phenoxy) is 1. The molecule has 1 aromatic carbocycles. The highest BCUT2D eigenvalue weighted by Crippen LogP contribution is 2.05. The first-order chi connectivity index (χ1) is 7.33. The second kappa shape index (κ2) is 7.12. The van der Waals surface area contributed by atoms with Gasteiger partial charge in [-0.05, 0) is 5.56 Å². The van der Waals surface area contributed by atoms with E-state index in [2.05, 4.69) is 4.74 Å². The Labute approximate surface area is 94.3 Å². The van der Waals surface area contributed by atoms with Crippen molar-refractivity contribution in [1.29, 1.82) is 0 Å². The van der Waals surface area contributed by atoms with Gasteiger partial charge in [0.05, 0.1) is 12.9 Å². The van der Waals surface area contributed by atoms with Crippen molar-refractivity contribution in [3.63, 3.8) is 0 Å². The highest BCUT2D eigenvalue weighted by Gasteiger charge is 1.96. The molecule has 15 heavy (non-hydrogen) atoms. The van der Waals surface area contributed by atoms with Crippen LogP contribution in [0.5, 0.6) is 0 Å². The molecule has 0 aromatic heterocycles. The first-order valence-electron chi connectivity index (χ1n) is 4.69. The molecule has 0 aliphatic carbocycles. The number of carbonyl (C=O) groups excluding carboxylic acids is 1. The molecule has 0 aliphatic heterocycles. The molecule has 2 nitrogen and oxygen atoms in total. The Morgan fingerprint density at radius 3 is 2.80 bits per heavy atom. The molecule has 0 saturated carbocycles. The summed E-state index contributed by atoms with van der Waals surface area (Å²) in [5.74, 6) is 1.06. The fraction of sp³-hybridized carbons (Fsp3) is 0.250. The van der Waals surface area contributed by atoms with Crippen LogP contribution in [0.2, 0.25) is 0 Å². The summed E-state index contributed by atoms with van der Waals surface area (Å²) in [5, 5.41) is 0. The quantitative estimate of drug-likeness (QED) is 0.566. The molecule has 0 spiro atoms. The average Bonchev–Trinajstić information content (AvgIpc) is 2.29. The number of esters is 1. The molecule has 0 heterocycles. The summed E-state index contributed by atoms with van der Waals surface area (Å²) in [6.45, 7) is 0. The molecule has 0 bridgehead atoms. The standard InChI is InChI=1S/C12H14O2S/c1-14-12(13)10-15-9-5-8-11-6-3-2-4-7-11/h2-8H,9-10H2,1H3/b8-5+. The normalized spacial score (nSPS) is 10.5. The maximum Gasteiger partial charge on any atom is 0.315 e. The number of benzene rings is 1. The van der Waals surface area contributed by atoms with E-state index in [0.29, 0.717) is 5.75 Å². The number of carbonyl (C=O) groups is 1. The molecule has 0 fully saturated rings. The molecule has 80 valence electrons. The van der Waals surface area contributed by atoms with Crippen LogP contribution in [-0.2, 0) is 9.53 Å². The number of rotatable bonds is 5. The Balaban J connectivity index is 2.20. The topological polar surface area (TPSA) is 26.3 Å². The highest BCUT2D eigenvalue weighted by molar-refractivity contribution is 8.00. The van der Waals surface area contributed by atoms with E-state index in [9.17, 15) is 4.79 Å². The molecule has 1 rings (SSSR count). The predicted octanol–water partition coefficient (Wildman–Crippen LogP) is 2.61. The zero-order chi connectivity index (χ0) is 10.9. The molecule has 3 heteroatoms. The van der Waals surface area contributed by atoms with Gasteiger partial charge >= 0.3 is 5.97 Å². The predicted molar refractivity (Wildman–Crippen MR) is 64.8 cm³/mol. The van der Waals surface area contributed by atoms with Crippen LogP contribution < -0.4 is 0 Å². The van der Waals surface area contributed by atoms with Gasteiger partial charge in [0.2, 0.25) is 0 Å². The van der Waals surface area contributed by atoms with Crippen LogP contribution in [0.25, 0.3) is 6.08 Å². The smallest absolute Gasteiger partial charge is 0.315 e. The zero-order valence-corrected chi connectivity index (χ0v) is 9.50. The maximum absolute atomic E-state index is 10.8. The van der Waals surface area contributed by atoms with Gasteiger partial charge in [0, 0.05) is 5.75 Å². The van der Waals surface area contributed by atoms with E-state index >= 15 is 0 Å². The van der Waals surface area contributed by atoms with Crippen molar-refractivity contribution in [3.8, 4) is 0 Å². The van der Waals surface area contributed by atoms with Crippen LogP contribution >= 0.6 is 11.8 Å². The second-order valence-corrected chi connectivity index (χ2v) is 3.93. The Morgan fingerprint density at radius 2 is 2.13 bits per heavy atom. The molecule has 0 aliphatic rings. The minimum Gasteiger partial charge on any atom is -0.468 e. The molecule has 0 unspecified atom stereocenters. The van der Waals surface area contributed by atoms with Gasteiger partial charge in [-0.3, -0.25) is 4.79 Å². The van der Waals surface area contributed by atoms with E-state index in [-0.39, 0.29) is 5.97 Å². The first kappa shape index (κ1) is 11.9. The highest BCUT2D eigenvalue weighted by atomic mass is 32.2. The lowest BCUT2D eigenvalue weighted by Crippen LogP contribution is -2.03. The fourth-order valence-electron chi connectivity index (χ4n) is 1.02. The van der Waals surface area contributed by atoms with Gasteiger partial charge in [-0.25, -0.2) is 0 Å². The third kappa shape index (κ3) is 5.27. The van der Waals surface area contributed by atoms with Crippen LogP contribution in [-0.4, -0.2) is 24.6 Å². The lowest BCUT2D eigenvalue weighted by Gasteiger charge is -1.96. The molecule has 0 atom stereocenters. The van der Waals surface area contributed by atoms with Crippen LogP contribution in [0, 0.1) is 0 Å². The van der Waals surface area contributed by atoms with Crippen molar-refractivity contribution in [2.24, 2.45) is 0 Å². The van der Waals surface area contributed by atoms with Crippen molar-refractivity contribution in [3.05, 3.63) is 42.0 Å². The summed E-state index contributed by atoms with van der Waals surface area (Å²) >= 11 is 1.54. The molecular formula is C12H14O2S. The molecule has 0 amide bonds. The van der Waals surface area contributed by atoms with Crippen molar-refractivity contribution in [2.75, 3.05) is 18.6 Å². The van der Waals surface area contributed by atoms with E-state index in [1.807, 2.05) is 42.5 Å². The summed E-state index contributed by atoms with van der Waals surface area (Å²) in [6, 6.07) is 10.1. The van der Waals surface area contributed by atoms with Gasteiger partial charge in [-0.15, -0.1) is 11.8 Å². The summed E-state index contributed by atoms with van der Waals surface area (Å²) in [6.07, 6.45) is 4.09. The molecule has 0 radical (unpaired) electrons. The van der Waals surface area contributed by atoms with Gasteiger partial charge in [0.1, 0.15) is 0 Å². The lowest BCUT2D eigenvalue weighted by atomic mass is 10.2. The summed E-state index contributed by atoms with van der Waals surface area (Å²) in [7, 11) is 1.41. The first-order valence-corrected chi connectivity index (χ1v) is 5.84. The van der Waals surface area contributed by atoms with Crippen molar-refractivity contribution in [2.45, 2.75) is 0 Å². The fourth-order valence-corrected chi connectivity index (χ4v) is 1.65. The molecular weight excluding hydrogens is 208 g/mol. The van der Waals surface area contributed by atoms with Crippen molar-refractivity contribution < 1.29 is 9.53 Å². The number of hydrogen-bond acceptors (Lipinski definition) is 3. The largest absolute Gasteiger partial charge is 0.468 e. The third-order valence-corrected chi connectivity index (χ3v) is 2.64. The number of methoxy groups -OCH3 is 1. The summed E-state index contributed by atoms with van der Waals surface area (Å²) < 4.78 is 4.53. The van der Waals surface area contributed by atoms with E-state index in [1.165, 1.54) is 12.7 Å².